The third-order valence-corrected chi connectivity index (χ3v) is 1.32. The Morgan fingerprint density at radius 1 is 1.40 bits per heavy atom. The summed E-state index contributed by atoms with van der Waals surface area (Å²) in [4.78, 5) is 0. The van der Waals surface area contributed by atoms with E-state index < -0.39 is 0 Å². The van der Waals surface area contributed by atoms with Crippen LogP contribution in [0.5, 0.6) is 11.6 Å². The van der Waals surface area contributed by atoms with Crippen molar-refractivity contribution in [3.63, 3.8) is 0 Å². The number of aromatic nitrogens is 1. The number of rotatable bonds is 0. The highest BCUT2D eigenvalue weighted by atomic mass is 16.3. The first kappa shape index (κ1) is 6.86. The summed E-state index contributed by atoms with van der Waals surface area (Å²) in [5, 5.41) is 18.1. The molecule has 1 aromatic rings. The first-order chi connectivity index (χ1) is 4.61. The van der Waals surface area contributed by atoms with Gasteiger partial charge in [-0.1, -0.05) is 0 Å². The Bertz CT molecular complexity index is 235. The lowest BCUT2D eigenvalue weighted by molar-refractivity contribution is -0.678. The van der Waals surface area contributed by atoms with E-state index >= 15 is 0 Å². The zero-order valence-electron chi connectivity index (χ0n) is 6.00. The minimum absolute atomic E-state index is 0.0810. The highest BCUT2D eigenvalue weighted by molar-refractivity contribution is 5.28. The molecule has 2 N–H and O–H groups in total. The smallest absolute Gasteiger partial charge is 0.408 e. The van der Waals surface area contributed by atoms with Gasteiger partial charge in [0.05, 0.1) is 0 Å². The van der Waals surface area contributed by atoms with Gasteiger partial charge in [0, 0.05) is 5.56 Å². The number of hydrogen-bond acceptors (Lipinski definition) is 2. The van der Waals surface area contributed by atoms with E-state index in [1.54, 1.807) is 13.2 Å². The molecule has 10 heavy (non-hydrogen) atoms. The zero-order chi connectivity index (χ0) is 7.72. The second-order valence-electron chi connectivity index (χ2n) is 2.34. The second kappa shape index (κ2) is 2.17. The molecular formula is C7H10NO2+. The van der Waals surface area contributed by atoms with E-state index in [1.807, 2.05) is 6.92 Å². The lowest BCUT2D eigenvalue weighted by atomic mass is 10.3. The molecule has 0 spiro atoms. The molecule has 3 heteroatoms. The molecule has 0 aromatic carbocycles. The van der Waals surface area contributed by atoms with Crippen molar-refractivity contribution < 1.29 is 14.8 Å². The Morgan fingerprint density at radius 3 is 2.50 bits per heavy atom. The Morgan fingerprint density at radius 2 is 2.00 bits per heavy atom. The molecule has 0 aliphatic rings. The fourth-order valence-electron chi connectivity index (χ4n) is 0.865. The van der Waals surface area contributed by atoms with Crippen molar-refractivity contribution in [1.82, 2.24) is 0 Å². The average molecular weight is 140 g/mol. The SMILES string of the molecule is Cc1cc(O)c(O)[n+](C)c1. The fraction of sp³-hybridized carbons (Fsp3) is 0.286. The maximum Gasteiger partial charge on any atom is 0.408 e. The summed E-state index contributed by atoms with van der Waals surface area (Å²) in [5.41, 5.74) is 0.915. The van der Waals surface area contributed by atoms with Crippen LogP contribution in [-0.4, -0.2) is 10.2 Å². The molecule has 0 aliphatic heterocycles. The summed E-state index contributed by atoms with van der Waals surface area (Å²) < 4.78 is 1.46. The van der Waals surface area contributed by atoms with Gasteiger partial charge in [-0.15, -0.1) is 0 Å². The monoisotopic (exact) mass is 140 g/mol. The van der Waals surface area contributed by atoms with Gasteiger partial charge in [0.1, 0.15) is 7.05 Å². The standard InChI is InChI=1S/C7H9NO2/c1-5-3-6(9)7(10)8(2)4-5/h3-4,9H,1-2H3/p+1. The normalized spacial score (nSPS) is 9.80. The van der Waals surface area contributed by atoms with E-state index in [9.17, 15) is 0 Å². The first-order valence-corrected chi connectivity index (χ1v) is 2.99. The quantitative estimate of drug-likeness (QED) is 0.507. The molecule has 54 valence electrons. The topological polar surface area (TPSA) is 44.3 Å². The molecular weight excluding hydrogens is 130 g/mol. The molecule has 1 rings (SSSR count). The van der Waals surface area contributed by atoms with Crippen molar-refractivity contribution in [3.8, 4) is 11.6 Å². The summed E-state index contributed by atoms with van der Waals surface area (Å²) in [6.07, 6.45) is 1.73. The number of hydrogen-bond donors (Lipinski definition) is 2. The highest BCUT2D eigenvalue weighted by Crippen LogP contribution is 2.18. The molecule has 3 nitrogen and oxygen atoms in total. The fourth-order valence-corrected chi connectivity index (χ4v) is 0.865. The lowest BCUT2D eigenvalue weighted by Gasteiger charge is -1.95. The molecule has 0 saturated carbocycles. The van der Waals surface area contributed by atoms with E-state index in [4.69, 9.17) is 10.2 Å². The third kappa shape index (κ3) is 1.03. The summed E-state index contributed by atoms with van der Waals surface area (Å²) in [7, 11) is 1.67. The summed E-state index contributed by atoms with van der Waals surface area (Å²) >= 11 is 0. The van der Waals surface area contributed by atoms with Gasteiger partial charge in [-0.2, -0.15) is 4.57 Å². The van der Waals surface area contributed by atoms with E-state index in [-0.39, 0.29) is 11.6 Å². The van der Waals surface area contributed by atoms with Gasteiger partial charge in [-0.05, 0) is 13.0 Å². The Labute approximate surface area is 59.2 Å². The first-order valence-electron chi connectivity index (χ1n) is 2.99. The summed E-state index contributed by atoms with van der Waals surface area (Å²) in [5.74, 6) is -0.187. The van der Waals surface area contributed by atoms with Gasteiger partial charge in [0.15, 0.2) is 6.20 Å². The molecule has 0 fully saturated rings. The predicted octanol–water partition coefficient (Wildman–Crippen LogP) is 0.231. The third-order valence-electron chi connectivity index (χ3n) is 1.32. The van der Waals surface area contributed by atoms with Crippen molar-refractivity contribution >= 4 is 0 Å². The maximum atomic E-state index is 9.04. The van der Waals surface area contributed by atoms with Crippen LogP contribution < -0.4 is 4.57 Å². The van der Waals surface area contributed by atoms with E-state index in [0.29, 0.717) is 0 Å². The van der Waals surface area contributed by atoms with E-state index in [2.05, 4.69) is 0 Å². The van der Waals surface area contributed by atoms with Crippen LogP contribution in [0.3, 0.4) is 0 Å². The molecule has 1 aromatic heterocycles. The molecule has 0 atom stereocenters. The van der Waals surface area contributed by atoms with Gasteiger partial charge in [-0.3, -0.25) is 0 Å². The molecule has 1 heterocycles. The van der Waals surface area contributed by atoms with Crippen molar-refractivity contribution in [2.24, 2.45) is 7.05 Å². The van der Waals surface area contributed by atoms with Crippen LogP contribution in [0.2, 0.25) is 0 Å². The van der Waals surface area contributed by atoms with Crippen molar-refractivity contribution in [3.05, 3.63) is 17.8 Å². The number of pyridine rings is 1. The van der Waals surface area contributed by atoms with Gasteiger partial charge in [0.2, 0.25) is 5.75 Å². The minimum Gasteiger partial charge on any atom is -0.500 e. The van der Waals surface area contributed by atoms with Crippen LogP contribution in [0, 0.1) is 6.92 Å². The Kier molecular flexibility index (Phi) is 1.49. The van der Waals surface area contributed by atoms with E-state index in [1.165, 1.54) is 10.6 Å². The maximum absolute atomic E-state index is 9.04. The van der Waals surface area contributed by atoms with E-state index in [0.717, 1.165) is 5.56 Å². The average Bonchev–Trinajstić information content (AvgIpc) is 1.82. The van der Waals surface area contributed by atoms with Gasteiger partial charge >= 0.3 is 5.88 Å². The summed E-state index contributed by atoms with van der Waals surface area (Å²) in [6, 6.07) is 1.51. The number of aryl methyl sites for hydroxylation is 2. The van der Waals surface area contributed by atoms with Crippen LogP contribution in [0.15, 0.2) is 12.3 Å². The van der Waals surface area contributed by atoms with Crippen LogP contribution >= 0.6 is 0 Å². The van der Waals surface area contributed by atoms with Crippen molar-refractivity contribution in [1.29, 1.82) is 0 Å². The van der Waals surface area contributed by atoms with Gasteiger partial charge in [-0.25, -0.2) is 0 Å². The Hall–Kier alpha value is -1.25. The van der Waals surface area contributed by atoms with Crippen LogP contribution in [0.4, 0.5) is 0 Å². The zero-order valence-corrected chi connectivity index (χ0v) is 6.00. The second-order valence-corrected chi connectivity index (χ2v) is 2.34. The predicted molar refractivity (Wildman–Crippen MR) is 35.7 cm³/mol. The van der Waals surface area contributed by atoms with Crippen LogP contribution in [0.1, 0.15) is 5.56 Å². The van der Waals surface area contributed by atoms with Crippen LogP contribution in [0.25, 0.3) is 0 Å². The van der Waals surface area contributed by atoms with Gasteiger partial charge in [0.25, 0.3) is 0 Å². The molecule has 0 radical (unpaired) electrons. The minimum atomic E-state index is -0.106. The van der Waals surface area contributed by atoms with Crippen molar-refractivity contribution in [2.45, 2.75) is 6.92 Å². The highest BCUT2D eigenvalue weighted by Gasteiger charge is 2.10. The molecule has 0 saturated heterocycles. The molecule has 0 bridgehead atoms. The van der Waals surface area contributed by atoms with Crippen molar-refractivity contribution in [2.75, 3.05) is 0 Å². The Balaban J connectivity index is 3.31. The van der Waals surface area contributed by atoms with Gasteiger partial charge < -0.3 is 10.2 Å². The lowest BCUT2D eigenvalue weighted by Crippen LogP contribution is -2.27. The van der Waals surface area contributed by atoms with Crippen LogP contribution in [-0.2, 0) is 7.05 Å². The largest absolute Gasteiger partial charge is 0.500 e. The number of nitrogens with zero attached hydrogens (tertiary/aromatic N) is 1. The number of aromatic hydroxyl groups is 2. The molecule has 0 amide bonds. The molecule has 0 aliphatic carbocycles. The summed E-state index contributed by atoms with van der Waals surface area (Å²) in [6.45, 7) is 1.85. The molecule has 0 unspecified atom stereocenters.